The van der Waals surface area contributed by atoms with Gasteiger partial charge in [-0.05, 0) is 208 Å². The second kappa shape index (κ2) is 31.6. The fourth-order valence-corrected chi connectivity index (χ4v) is 12.4. The van der Waals surface area contributed by atoms with Crippen molar-refractivity contribution in [2.75, 3.05) is 45.9 Å². The van der Waals surface area contributed by atoms with E-state index in [0.29, 0.717) is 12.8 Å². The summed E-state index contributed by atoms with van der Waals surface area (Å²) in [5.74, 6) is -0.0558. The van der Waals surface area contributed by atoms with Crippen LogP contribution in [0.15, 0.2) is 0 Å². The van der Waals surface area contributed by atoms with E-state index in [9.17, 15) is 24.0 Å². The SMILES string of the molecule is CC(C)(CCCCCCN(CCCCCCC(C)(C)[Si](C)(C)O)CCCCC1NC(=O)C(CCCCN(CCCCCCC(C)(C)[Si](C)(C)O)CCCCCO[Si](C)(C)C(C)(C)C)NC1=O)[Si](C)(C)O. The molecule has 0 radical (unpaired) electrons. The maximum atomic E-state index is 13.3. The molecular weight excluding hydrogens is 937 g/mol. The molecule has 14 heteroatoms. The molecular formula is C56H120N4O6Si4. The summed E-state index contributed by atoms with van der Waals surface area (Å²) in [5, 5.41) is 6.58. The molecule has 0 aromatic rings. The van der Waals surface area contributed by atoms with Crippen LogP contribution in [-0.4, -0.2) is 127 Å². The van der Waals surface area contributed by atoms with E-state index in [-0.39, 0.29) is 32.0 Å². The number of nitrogens with one attached hydrogen (secondary N) is 2. The zero-order valence-electron chi connectivity index (χ0n) is 49.5. The van der Waals surface area contributed by atoms with Crippen LogP contribution in [0.1, 0.15) is 216 Å². The van der Waals surface area contributed by atoms with Crippen molar-refractivity contribution in [3.8, 4) is 0 Å². The molecule has 2 amide bonds. The predicted octanol–water partition coefficient (Wildman–Crippen LogP) is 13.9. The first-order valence-electron chi connectivity index (χ1n) is 29.0. The highest BCUT2D eigenvalue weighted by molar-refractivity contribution is 6.74. The fraction of sp³-hybridized carbons (Fsp3) is 0.964. The van der Waals surface area contributed by atoms with Crippen LogP contribution in [0.5, 0.6) is 0 Å². The first kappa shape index (κ1) is 67.6. The Bertz CT molecular complexity index is 1250. The number of carbonyl (C=O) groups excluding carboxylic acids is 2. The zero-order valence-corrected chi connectivity index (χ0v) is 53.5. The number of rotatable bonds is 41. The van der Waals surface area contributed by atoms with Gasteiger partial charge in [-0.1, -0.05) is 120 Å². The lowest BCUT2D eigenvalue weighted by molar-refractivity contribution is -0.137. The molecule has 1 saturated heterocycles. The molecule has 0 spiro atoms. The van der Waals surface area contributed by atoms with Crippen molar-refractivity contribution < 1.29 is 28.4 Å². The number of amides is 2. The minimum Gasteiger partial charge on any atom is -0.432 e. The van der Waals surface area contributed by atoms with Crippen LogP contribution >= 0.6 is 0 Å². The van der Waals surface area contributed by atoms with Gasteiger partial charge in [0, 0.05) is 6.61 Å². The lowest BCUT2D eigenvalue weighted by Gasteiger charge is -2.36. The molecule has 0 bridgehead atoms. The molecule has 70 heavy (non-hydrogen) atoms. The molecule has 2 atom stereocenters. The topological polar surface area (TPSA) is 135 Å². The maximum Gasteiger partial charge on any atom is 0.243 e. The van der Waals surface area contributed by atoms with Crippen LogP contribution in [0.4, 0.5) is 0 Å². The molecule has 1 fully saturated rings. The van der Waals surface area contributed by atoms with Gasteiger partial charge in [0.05, 0.1) is 0 Å². The number of nitrogens with zero attached hydrogens (tertiary/aromatic N) is 2. The number of hydrogen-bond acceptors (Lipinski definition) is 8. The summed E-state index contributed by atoms with van der Waals surface area (Å²) >= 11 is 0. The molecule has 1 heterocycles. The van der Waals surface area contributed by atoms with Gasteiger partial charge in [-0.2, -0.15) is 0 Å². The normalized spacial score (nSPS) is 17.2. The van der Waals surface area contributed by atoms with Gasteiger partial charge in [0.2, 0.25) is 11.8 Å². The molecule has 0 aromatic heterocycles. The van der Waals surface area contributed by atoms with Crippen molar-refractivity contribution in [1.82, 2.24) is 20.4 Å². The largest absolute Gasteiger partial charge is 0.432 e. The first-order valence-corrected chi connectivity index (χ1v) is 40.8. The van der Waals surface area contributed by atoms with E-state index in [2.05, 4.69) is 135 Å². The van der Waals surface area contributed by atoms with E-state index in [1.54, 1.807) is 0 Å². The van der Waals surface area contributed by atoms with Gasteiger partial charge in [0.1, 0.15) is 12.1 Å². The Balaban J connectivity index is 2.63. The quantitative estimate of drug-likeness (QED) is 0.0302. The lowest BCUT2D eigenvalue weighted by atomic mass is 10.0. The van der Waals surface area contributed by atoms with Crippen molar-refractivity contribution in [3.63, 3.8) is 0 Å². The summed E-state index contributed by atoms with van der Waals surface area (Å²) in [6.07, 6.45) is 26.3. The molecule has 416 valence electrons. The Labute approximate surface area is 438 Å². The van der Waals surface area contributed by atoms with Crippen LogP contribution < -0.4 is 10.6 Å². The number of carbonyl (C=O) groups is 2. The molecule has 2 unspecified atom stereocenters. The van der Waals surface area contributed by atoms with Gasteiger partial charge in [0.25, 0.3) is 0 Å². The van der Waals surface area contributed by atoms with Crippen molar-refractivity contribution in [1.29, 1.82) is 0 Å². The summed E-state index contributed by atoms with van der Waals surface area (Å²) in [4.78, 5) is 64.0. The average Bonchev–Trinajstić information content (AvgIpc) is 3.21. The number of unbranched alkanes of at least 4 members (excludes halogenated alkanes) is 13. The van der Waals surface area contributed by atoms with Gasteiger partial charge in [-0.25, -0.2) is 0 Å². The third-order valence-electron chi connectivity index (χ3n) is 18.1. The van der Waals surface area contributed by atoms with Crippen molar-refractivity contribution in [3.05, 3.63) is 0 Å². The number of piperazine rings is 1. The van der Waals surface area contributed by atoms with Crippen molar-refractivity contribution >= 4 is 45.1 Å². The van der Waals surface area contributed by atoms with Crippen molar-refractivity contribution in [2.45, 2.75) is 301 Å². The van der Waals surface area contributed by atoms with E-state index in [0.717, 1.165) is 97.2 Å². The lowest BCUT2D eigenvalue weighted by Crippen LogP contribution is -2.61. The highest BCUT2D eigenvalue weighted by atomic mass is 28.4. The summed E-state index contributed by atoms with van der Waals surface area (Å²) in [6, 6.07) is -0.896. The monoisotopic (exact) mass is 1060 g/mol. The zero-order chi connectivity index (χ0) is 53.5. The Morgan fingerprint density at radius 1 is 0.414 bits per heavy atom. The van der Waals surface area contributed by atoms with Crippen LogP contribution in [0.3, 0.4) is 0 Å². The maximum absolute atomic E-state index is 13.3. The molecule has 1 aliphatic heterocycles. The predicted molar refractivity (Wildman–Crippen MR) is 312 cm³/mol. The fourth-order valence-electron chi connectivity index (χ4n) is 8.96. The molecule has 1 aliphatic rings. The van der Waals surface area contributed by atoms with E-state index < -0.39 is 45.4 Å². The summed E-state index contributed by atoms with van der Waals surface area (Å²) in [5.41, 5.74) is 0. The Hall–Kier alpha value is -0.432. The molecule has 5 N–H and O–H groups in total. The molecule has 0 aliphatic carbocycles. The third kappa shape index (κ3) is 26.9. The van der Waals surface area contributed by atoms with E-state index in [1.165, 1.54) is 89.9 Å². The van der Waals surface area contributed by atoms with E-state index >= 15 is 0 Å². The summed E-state index contributed by atoms with van der Waals surface area (Å²) < 4.78 is 6.45. The Kier molecular flexibility index (Phi) is 30.5. The van der Waals surface area contributed by atoms with E-state index in [4.69, 9.17) is 4.43 Å². The van der Waals surface area contributed by atoms with Gasteiger partial charge in [0.15, 0.2) is 33.3 Å². The van der Waals surface area contributed by atoms with Gasteiger partial charge >= 0.3 is 0 Å². The first-order chi connectivity index (χ1) is 32.1. The van der Waals surface area contributed by atoms with Crippen molar-refractivity contribution in [2.24, 2.45) is 0 Å². The highest BCUT2D eigenvalue weighted by Gasteiger charge is 2.40. The van der Waals surface area contributed by atoms with Crippen LogP contribution in [-0.2, 0) is 14.0 Å². The van der Waals surface area contributed by atoms with Crippen LogP contribution in [0.2, 0.25) is 72.5 Å². The average molecular weight is 1060 g/mol. The summed E-state index contributed by atoms with van der Waals surface area (Å²) in [7, 11) is -8.22. The standard InChI is InChI=1S/C56H120N4O6Si4/c1-53(2,3)70(16,17)66-48-36-24-33-45-60(44-32-23-20-29-41-56(8,9)69(14,15)65)47-35-26-38-50-52(62)57-49(51(61)58-50)37-25-34-46-59(42-30-21-18-27-39-54(4,5)67(10,11)63)43-31-22-19-28-40-55(6,7)68(12,13)64/h49-50,63-65H,18-48H2,1-17H3,(H,57,62)(H,58,61). The van der Waals surface area contributed by atoms with E-state index in [1.807, 2.05) is 0 Å². The molecule has 0 saturated carbocycles. The van der Waals surface area contributed by atoms with Crippen LogP contribution in [0.25, 0.3) is 0 Å². The van der Waals surface area contributed by atoms with Crippen LogP contribution in [0, 0.1) is 0 Å². The molecule has 0 aromatic carbocycles. The smallest absolute Gasteiger partial charge is 0.243 e. The van der Waals surface area contributed by atoms with Gasteiger partial charge in [-0.3, -0.25) is 9.59 Å². The third-order valence-corrected chi connectivity index (χ3v) is 33.4. The molecule has 1 rings (SSSR count). The second-order valence-corrected chi connectivity index (χ2v) is 45.5. The number of hydrogen-bond donors (Lipinski definition) is 5. The second-order valence-electron chi connectivity index (χ2n) is 27.3. The highest BCUT2D eigenvalue weighted by Crippen LogP contribution is 2.42. The molecule has 10 nitrogen and oxygen atoms in total. The minimum atomic E-state index is -2.17. The van der Waals surface area contributed by atoms with Gasteiger partial charge in [-0.15, -0.1) is 0 Å². The summed E-state index contributed by atoms with van der Waals surface area (Å²) in [6.45, 7) is 44.6. The van der Waals surface area contributed by atoms with Gasteiger partial charge < -0.3 is 39.2 Å². The minimum absolute atomic E-state index is 0.0278. The Morgan fingerprint density at radius 3 is 0.943 bits per heavy atom. The Morgan fingerprint density at radius 2 is 0.671 bits per heavy atom.